The van der Waals surface area contributed by atoms with Crippen LogP contribution in [0.4, 0.5) is 5.69 Å². The van der Waals surface area contributed by atoms with E-state index in [1.807, 2.05) is 48.8 Å². The molecule has 0 aliphatic carbocycles. The van der Waals surface area contributed by atoms with E-state index < -0.39 is 0 Å². The Balaban J connectivity index is 1.44. The number of benzene rings is 1. The quantitative estimate of drug-likeness (QED) is 0.729. The van der Waals surface area contributed by atoms with Crippen molar-refractivity contribution in [2.45, 2.75) is 25.9 Å². The highest BCUT2D eigenvalue weighted by molar-refractivity contribution is 5.90. The number of rotatable bonds is 7. The van der Waals surface area contributed by atoms with Crippen molar-refractivity contribution in [3.63, 3.8) is 0 Å². The lowest BCUT2D eigenvalue weighted by Crippen LogP contribution is -2.12. The van der Waals surface area contributed by atoms with Gasteiger partial charge in [0.2, 0.25) is 5.91 Å². The van der Waals surface area contributed by atoms with Crippen molar-refractivity contribution in [1.82, 2.24) is 19.3 Å². The lowest BCUT2D eigenvalue weighted by atomic mass is 10.2. The maximum Gasteiger partial charge on any atom is 0.224 e. The van der Waals surface area contributed by atoms with Crippen LogP contribution in [0.1, 0.15) is 18.4 Å². The van der Waals surface area contributed by atoms with E-state index in [0.717, 1.165) is 24.2 Å². The number of aromatic nitrogens is 4. The average molecular weight is 309 g/mol. The van der Waals surface area contributed by atoms with Gasteiger partial charge in [0.25, 0.3) is 0 Å². The van der Waals surface area contributed by atoms with Gasteiger partial charge in [0.1, 0.15) is 12.7 Å². The fourth-order valence-corrected chi connectivity index (χ4v) is 2.36. The molecule has 1 aromatic carbocycles. The molecule has 0 bridgehead atoms. The number of hydrogen-bond acceptors (Lipinski definition) is 3. The van der Waals surface area contributed by atoms with Crippen LogP contribution in [-0.4, -0.2) is 25.2 Å². The van der Waals surface area contributed by atoms with Crippen LogP contribution in [0.25, 0.3) is 0 Å². The molecule has 6 nitrogen and oxygen atoms in total. The minimum Gasteiger partial charge on any atom is -0.354 e. The fraction of sp³-hybridized carbons (Fsp3) is 0.235. The number of hydrogen-bond donors (Lipinski definition) is 1. The number of amides is 1. The van der Waals surface area contributed by atoms with Crippen molar-refractivity contribution in [2.24, 2.45) is 0 Å². The molecule has 0 unspecified atom stereocenters. The zero-order valence-electron chi connectivity index (χ0n) is 12.8. The van der Waals surface area contributed by atoms with Crippen molar-refractivity contribution >= 4 is 11.6 Å². The lowest BCUT2D eigenvalue weighted by Gasteiger charge is -2.07. The highest BCUT2D eigenvalue weighted by Crippen LogP contribution is 2.11. The summed E-state index contributed by atoms with van der Waals surface area (Å²) in [5, 5.41) is 7.00. The maximum atomic E-state index is 11.9. The zero-order chi connectivity index (χ0) is 15.9. The van der Waals surface area contributed by atoms with E-state index in [0.29, 0.717) is 13.0 Å². The molecule has 1 amide bonds. The number of carbonyl (C=O) groups excluding carboxylic acids is 1. The second-order valence-electron chi connectivity index (χ2n) is 5.36. The third-order valence-corrected chi connectivity index (χ3v) is 3.54. The molecule has 0 saturated carbocycles. The summed E-state index contributed by atoms with van der Waals surface area (Å²) >= 11 is 0. The molecule has 0 aliphatic heterocycles. The molecule has 0 fully saturated rings. The summed E-state index contributed by atoms with van der Waals surface area (Å²) in [6, 6.07) is 11.8. The molecule has 3 rings (SSSR count). The molecule has 2 aromatic heterocycles. The molecule has 118 valence electrons. The third-order valence-electron chi connectivity index (χ3n) is 3.54. The molecule has 3 aromatic rings. The van der Waals surface area contributed by atoms with Crippen LogP contribution in [0.2, 0.25) is 0 Å². The molecule has 1 N–H and O–H groups in total. The molecular weight excluding hydrogens is 290 g/mol. The number of aryl methyl sites for hydroxylation is 1. The van der Waals surface area contributed by atoms with Crippen molar-refractivity contribution in [3.8, 4) is 0 Å². The topological polar surface area (TPSA) is 64.7 Å². The Labute approximate surface area is 134 Å². The maximum absolute atomic E-state index is 11.9. The normalized spacial score (nSPS) is 10.6. The van der Waals surface area contributed by atoms with Gasteiger partial charge in [-0.3, -0.25) is 4.79 Å². The first kappa shape index (κ1) is 15.0. The van der Waals surface area contributed by atoms with Gasteiger partial charge < -0.3 is 9.88 Å². The van der Waals surface area contributed by atoms with E-state index in [9.17, 15) is 4.79 Å². The van der Waals surface area contributed by atoms with Gasteiger partial charge >= 0.3 is 0 Å². The first-order valence-corrected chi connectivity index (χ1v) is 7.61. The van der Waals surface area contributed by atoms with Gasteiger partial charge in [-0.15, -0.1) is 0 Å². The third kappa shape index (κ3) is 4.54. The standard InChI is InChI=1S/C17H19N5O/c23-17(4-3-11-21-9-1-2-10-21)20-16-7-5-15(6-8-16)12-22-14-18-13-19-22/h1-2,5-10,13-14H,3-4,11-12H2,(H,20,23). The van der Waals surface area contributed by atoms with Gasteiger partial charge in [-0.1, -0.05) is 12.1 Å². The highest BCUT2D eigenvalue weighted by atomic mass is 16.1. The zero-order valence-corrected chi connectivity index (χ0v) is 12.8. The average Bonchev–Trinajstić information content (AvgIpc) is 3.23. The predicted octanol–water partition coefficient (Wildman–Crippen LogP) is 2.55. The van der Waals surface area contributed by atoms with Gasteiger partial charge in [0.05, 0.1) is 6.54 Å². The number of anilines is 1. The van der Waals surface area contributed by atoms with Crippen LogP contribution in [0.15, 0.2) is 61.4 Å². The van der Waals surface area contributed by atoms with Crippen molar-refractivity contribution in [3.05, 3.63) is 67.0 Å². The van der Waals surface area contributed by atoms with Crippen molar-refractivity contribution in [1.29, 1.82) is 0 Å². The van der Waals surface area contributed by atoms with E-state index in [-0.39, 0.29) is 5.91 Å². The van der Waals surface area contributed by atoms with Crippen LogP contribution in [0.3, 0.4) is 0 Å². The van der Waals surface area contributed by atoms with Crippen LogP contribution in [0, 0.1) is 0 Å². The van der Waals surface area contributed by atoms with Gasteiger partial charge in [0, 0.05) is 31.0 Å². The van der Waals surface area contributed by atoms with Crippen LogP contribution < -0.4 is 5.32 Å². The van der Waals surface area contributed by atoms with E-state index >= 15 is 0 Å². The first-order chi connectivity index (χ1) is 11.3. The predicted molar refractivity (Wildman–Crippen MR) is 87.9 cm³/mol. The van der Waals surface area contributed by atoms with Crippen molar-refractivity contribution < 1.29 is 4.79 Å². The summed E-state index contributed by atoms with van der Waals surface area (Å²) in [5.41, 5.74) is 1.93. The smallest absolute Gasteiger partial charge is 0.224 e. The molecule has 0 spiro atoms. The number of carbonyl (C=O) groups is 1. The summed E-state index contributed by atoms with van der Waals surface area (Å²) in [6.45, 7) is 1.53. The number of nitrogens with zero attached hydrogens (tertiary/aromatic N) is 4. The molecular formula is C17H19N5O. The van der Waals surface area contributed by atoms with Crippen LogP contribution >= 0.6 is 0 Å². The summed E-state index contributed by atoms with van der Waals surface area (Å²) in [5.74, 6) is 0.0428. The monoisotopic (exact) mass is 309 g/mol. The van der Waals surface area contributed by atoms with Crippen molar-refractivity contribution in [2.75, 3.05) is 5.32 Å². The Hall–Kier alpha value is -2.89. The van der Waals surface area contributed by atoms with E-state index in [2.05, 4.69) is 20.0 Å². The second-order valence-corrected chi connectivity index (χ2v) is 5.36. The molecule has 2 heterocycles. The van der Waals surface area contributed by atoms with Gasteiger partial charge in [-0.25, -0.2) is 9.67 Å². The largest absolute Gasteiger partial charge is 0.354 e. The summed E-state index contributed by atoms with van der Waals surface area (Å²) in [6.07, 6.45) is 8.55. The summed E-state index contributed by atoms with van der Waals surface area (Å²) in [4.78, 5) is 15.9. The first-order valence-electron chi connectivity index (χ1n) is 7.61. The fourth-order valence-electron chi connectivity index (χ4n) is 2.36. The summed E-state index contributed by atoms with van der Waals surface area (Å²) < 4.78 is 3.83. The minimum atomic E-state index is 0.0428. The molecule has 0 aliphatic rings. The Morgan fingerprint density at radius 2 is 1.91 bits per heavy atom. The molecule has 0 atom stereocenters. The Bertz CT molecular complexity index is 717. The van der Waals surface area contributed by atoms with Gasteiger partial charge in [0.15, 0.2) is 0 Å². The SMILES string of the molecule is O=C(CCCn1cccc1)Nc1ccc(Cn2cncn2)cc1. The van der Waals surface area contributed by atoms with Gasteiger partial charge in [-0.2, -0.15) is 5.10 Å². The van der Waals surface area contributed by atoms with Crippen LogP contribution in [0.5, 0.6) is 0 Å². The Morgan fingerprint density at radius 3 is 2.61 bits per heavy atom. The van der Waals surface area contributed by atoms with E-state index in [1.165, 1.54) is 6.33 Å². The molecule has 23 heavy (non-hydrogen) atoms. The minimum absolute atomic E-state index is 0.0428. The molecule has 0 radical (unpaired) electrons. The summed E-state index contributed by atoms with van der Waals surface area (Å²) in [7, 11) is 0. The second kappa shape index (κ2) is 7.40. The lowest BCUT2D eigenvalue weighted by molar-refractivity contribution is -0.116. The molecule has 0 saturated heterocycles. The Morgan fingerprint density at radius 1 is 1.13 bits per heavy atom. The highest BCUT2D eigenvalue weighted by Gasteiger charge is 2.03. The molecule has 6 heteroatoms. The number of nitrogens with one attached hydrogen (secondary N) is 1. The van der Waals surface area contributed by atoms with Gasteiger partial charge in [-0.05, 0) is 36.2 Å². The van der Waals surface area contributed by atoms with E-state index in [4.69, 9.17) is 0 Å². The van der Waals surface area contributed by atoms with Crippen LogP contribution in [-0.2, 0) is 17.9 Å². The Kier molecular flexibility index (Phi) is 4.83. The van der Waals surface area contributed by atoms with E-state index in [1.54, 1.807) is 11.0 Å².